The zero-order valence-corrected chi connectivity index (χ0v) is 35.0. The van der Waals surface area contributed by atoms with Gasteiger partial charge < -0.3 is 51.1 Å². The molecule has 0 saturated carbocycles. The molecule has 4 aromatic rings. The minimum atomic E-state index is -4.87. The molecule has 11 N–H and O–H groups in total. The van der Waals surface area contributed by atoms with Gasteiger partial charge in [0, 0.05) is 12.6 Å². The van der Waals surface area contributed by atoms with Gasteiger partial charge in [-0.1, -0.05) is 31.6 Å². The smallest absolute Gasteiger partial charge is 0.512 e. The number of carbonyl (C=O) groups is 2. The number of benzene rings is 1. The molecule has 0 spiro atoms. The molecule has 27 heteroatoms. The van der Waals surface area contributed by atoms with Crippen LogP contribution in [0.25, 0.3) is 11.2 Å². The van der Waals surface area contributed by atoms with Crippen LogP contribution in [0.1, 0.15) is 56.7 Å². The number of rotatable bonds is 19. The van der Waals surface area contributed by atoms with Gasteiger partial charge in [0.1, 0.15) is 43.0 Å². The maximum Gasteiger partial charge on any atom is 0.567 e. The third-order valence-corrected chi connectivity index (χ3v) is 11.6. The molecule has 2 aliphatic heterocycles. The van der Waals surface area contributed by atoms with Crippen LogP contribution in [0.5, 0.6) is 5.75 Å². The largest absolute Gasteiger partial charge is 0.567 e. The predicted octanol–water partition coefficient (Wildman–Crippen LogP) is 0.834. The molecule has 2 fully saturated rings. The summed E-state index contributed by atoms with van der Waals surface area (Å²) in [7, 11) is -7.88. The number of nitrogens with zero attached hydrogens (tertiary/aromatic N) is 6. The van der Waals surface area contributed by atoms with Crippen molar-refractivity contribution in [1.82, 2.24) is 34.4 Å². The standard InChI is InChI=1S/C36H43N9O16P2/c1-3-5-7-23(47)43-25(35(50)60-28-20(14-46)57-33(27(28)49)45-17-41-26-31(38)39-16-40-32(26)45)18-8-10-19(11-9-18)61-62(52)30-21(15-56-63(53,54)55)58-34(29(30)59-24(48)6-4-2)44-13-12-22(37)42-36(44)51/h3,8-14,16-17,21,24-25,27-30,33-34,48-49,53-55H,1,4-7,15H2,2H3,(H4-2,37,38,39,40,42,43,46,47,51)/p+2/b20-14-/t21-,24?,25+,27-,28-,29-,30-,33-,34-/m1/s1. The molecule has 0 bridgehead atoms. The molecule has 1 amide bonds. The summed E-state index contributed by atoms with van der Waals surface area (Å²) in [5.74, 6) is -2.18. The third kappa shape index (κ3) is 10.9. The highest BCUT2D eigenvalue weighted by atomic mass is 31.2. The number of ether oxygens (including phenoxy) is 4. The van der Waals surface area contributed by atoms with Crippen LogP contribution in [-0.4, -0.2) is 114 Å². The lowest BCUT2D eigenvalue weighted by atomic mass is 10.1. The van der Waals surface area contributed by atoms with Crippen LogP contribution < -0.4 is 27.0 Å². The average molecular weight is 922 g/mol. The lowest BCUT2D eigenvalue weighted by Gasteiger charge is -2.23. The van der Waals surface area contributed by atoms with Crippen LogP contribution in [0.3, 0.4) is 0 Å². The fourth-order valence-corrected chi connectivity index (χ4v) is 8.38. The van der Waals surface area contributed by atoms with Crippen molar-refractivity contribution in [1.29, 1.82) is 0 Å². The van der Waals surface area contributed by atoms with Crippen molar-refractivity contribution in [2.24, 2.45) is 0 Å². The predicted molar refractivity (Wildman–Crippen MR) is 217 cm³/mol. The van der Waals surface area contributed by atoms with E-state index in [1.54, 1.807) is 6.92 Å². The molecule has 3 aromatic heterocycles. The first kappa shape index (κ1) is 46.8. The Morgan fingerprint density at radius 2 is 1.86 bits per heavy atom. The molecule has 63 heavy (non-hydrogen) atoms. The molecule has 1 aromatic carbocycles. The summed E-state index contributed by atoms with van der Waals surface area (Å²) in [6.07, 6.45) is -3.92. The van der Waals surface area contributed by atoms with E-state index in [4.69, 9.17) is 39.5 Å². The van der Waals surface area contributed by atoms with E-state index in [9.17, 15) is 48.9 Å². The number of fused-ring (bicyclic) bond motifs is 1. The number of aliphatic hydroxyl groups excluding tert-OH is 3. The van der Waals surface area contributed by atoms with Crippen LogP contribution in [0.4, 0.5) is 11.6 Å². The summed E-state index contributed by atoms with van der Waals surface area (Å²) in [6.45, 7) is 4.57. The molecule has 10 atom stereocenters. The minimum absolute atomic E-state index is 0.0523. The molecular weight excluding hydrogens is 876 g/mol. The zero-order chi connectivity index (χ0) is 45.6. The number of amides is 1. The number of hydrogen-bond acceptors (Lipinski definition) is 22. The SMILES string of the molecule is C=CCCC(=O)N[C@H](C(=O)O[C@@H]1/C(=C/O)O[C@@H](n2cnc3c(N)ncnc32)[C@@H]1O)c1ccc(O[P+](=O)[C@H]2[C@@H](OC(O)CCC)[C@H](n3ccc(N)nc3=O)O[C@@H]2CO[P+](O)(O)O)cc1. The molecular formula is C36H45N9O16P2+2. The van der Waals surface area contributed by atoms with E-state index in [1.165, 1.54) is 59.8 Å². The second kappa shape index (κ2) is 20.2. The number of carbonyl (C=O) groups excluding carboxylic acids is 2. The Balaban J connectivity index is 1.25. The number of esters is 1. The van der Waals surface area contributed by atoms with E-state index in [2.05, 4.69) is 31.8 Å². The van der Waals surface area contributed by atoms with Crippen LogP contribution in [0.2, 0.25) is 0 Å². The number of aliphatic hydroxyl groups is 3. The van der Waals surface area contributed by atoms with E-state index < -0.39 is 95.2 Å². The molecule has 338 valence electrons. The number of imidazole rings is 1. The summed E-state index contributed by atoms with van der Waals surface area (Å²) >= 11 is 0. The maximum atomic E-state index is 14.2. The van der Waals surface area contributed by atoms with Crippen molar-refractivity contribution in [3.8, 4) is 5.75 Å². The number of allylic oxidation sites excluding steroid dienone is 1. The van der Waals surface area contributed by atoms with Gasteiger partial charge in [0.05, 0.1) is 0 Å². The van der Waals surface area contributed by atoms with E-state index >= 15 is 0 Å². The van der Waals surface area contributed by atoms with Crippen LogP contribution in [-0.2, 0) is 37.6 Å². The number of nitrogens with two attached hydrogens (primary N) is 2. The number of nitrogen functional groups attached to an aromatic ring is 2. The van der Waals surface area contributed by atoms with Gasteiger partial charge in [-0.2, -0.15) is 24.2 Å². The molecule has 0 radical (unpaired) electrons. The summed E-state index contributed by atoms with van der Waals surface area (Å²) in [4.78, 5) is 84.4. The Morgan fingerprint density at radius 3 is 2.52 bits per heavy atom. The highest BCUT2D eigenvalue weighted by Crippen LogP contribution is 2.50. The average Bonchev–Trinajstić information content (AvgIpc) is 3.92. The molecule has 6 rings (SSSR count). The topological polar surface area (TPSA) is 371 Å². The maximum absolute atomic E-state index is 14.2. The van der Waals surface area contributed by atoms with Crippen molar-refractivity contribution < 1.29 is 72.1 Å². The summed E-state index contributed by atoms with van der Waals surface area (Å²) < 4.78 is 50.3. The lowest BCUT2D eigenvalue weighted by Crippen LogP contribution is -2.39. The van der Waals surface area contributed by atoms with Gasteiger partial charge in [-0.25, -0.2) is 24.5 Å². The first-order chi connectivity index (χ1) is 30.0. The van der Waals surface area contributed by atoms with Gasteiger partial charge in [0.2, 0.25) is 12.1 Å². The molecule has 2 aliphatic rings. The second-order valence-corrected chi connectivity index (χ2v) is 16.6. The quantitative estimate of drug-likeness (QED) is 0.0207. The van der Waals surface area contributed by atoms with Crippen LogP contribution in [0, 0.1) is 0 Å². The Morgan fingerprint density at radius 1 is 1.11 bits per heavy atom. The number of anilines is 2. The van der Waals surface area contributed by atoms with Crippen molar-refractivity contribution in [2.75, 3.05) is 18.1 Å². The van der Waals surface area contributed by atoms with Gasteiger partial charge in [0.15, 0.2) is 59.8 Å². The molecule has 2 unspecified atom stereocenters. The van der Waals surface area contributed by atoms with Crippen molar-refractivity contribution in [3.05, 3.63) is 89.9 Å². The number of nitrogens with one attached hydrogen (secondary N) is 1. The fraction of sp³-hybridized carbons (Fsp3) is 0.417. The normalized spacial score (nSPS) is 24.1. The molecule has 0 aliphatic carbocycles. The second-order valence-electron chi connectivity index (χ2n) is 14.0. The Bertz CT molecular complexity index is 2380. The highest BCUT2D eigenvalue weighted by molar-refractivity contribution is 7.53. The summed E-state index contributed by atoms with van der Waals surface area (Å²) in [6, 6.07) is 4.99. The van der Waals surface area contributed by atoms with E-state index in [0.717, 1.165) is 4.57 Å². The lowest BCUT2D eigenvalue weighted by molar-refractivity contribution is -0.167. The number of aromatic nitrogens is 6. The molecule has 25 nitrogen and oxygen atoms in total. The van der Waals surface area contributed by atoms with Crippen LogP contribution >= 0.6 is 16.2 Å². The monoisotopic (exact) mass is 921 g/mol. The fourth-order valence-electron chi connectivity index (χ4n) is 6.70. The van der Waals surface area contributed by atoms with Crippen molar-refractivity contribution >= 4 is 50.9 Å². The van der Waals surface area contributed by atoms with Gasteiger partial charge >= 0.3 is 27.9 Å². The van der Waals surface area contributed by atoms with E-state index in [0.29, 0.717) is 12.7 Å². The Kier molecular flexibility index (Phi) is 15.0. The zero-order valence-electron chi connectivity index (χ0n) is 33.2. The van der Waals surface area contributed by atoms with Gasteiger partial charge in [-0.05, 0) is 41.2 Å². The van der Waals surface area contributed by atoms with Gasteiger partial charge in [0.25, 0.3) is 5.66 Å². The van der Waals surface area contributed by atoms with E-state index in [1.807, 2.05) is 0 Å². The van der Waals surface area contributed by atoms with Crippen molar-refractivity contribution in [2.45, 2.75) is 87.5 Å². The Hall–Kier alpha value is -5.72. The Labute approximate surface area is 358 Å². The first-order valence-corrected chi connectivity index (χ1v) is 21.9. The van der Waals surface area contributed by atoms with Crippen molar-refractivity contribution in [3.63, 3.8) is 0 Å². The minimum Gasteiger partial charge on any atom is -0.512 e. The summed E-state index contributed by atoms with van der Waals surface area (Å²) in [5.41, 5.74) is 9.70. The molecule has 5 heterocycles. The summed E-state index contributed by atoms with van der Waals surface area (Å²) in [5, 5.41) is 34.6. The first-order valence-electron chi connectivity index (χ1n) is 19.1. The number of hydrogen-bond donors (Lipinski definition) is 9. The van der Waals surface area contributed by atoms with Gasteiger partial charge in [-0.3, -0.25) is 18.5 Å². The third-order valence-electron chi connectivity index (χ3n) is 9.64. The highest BCUT2D eigenvalue weighted by Gasteiger charge is 2.61. The molecule has 2 saturated heterocycles. The van der Waals surface area contributed by atoms with Gasteiger partial charge in [-0.15, -0.1) is 6.58 Å². The van der Waals surface area contributed by atoms with Crippen LogP contribution in [0.15, 0.2) is 78.7 Å². The van der Waals surface area contributed by atoms with E-state index in [-0.39, 0.29) is 59.1 Å².